The number of carbonyl (C=O) groups is 1. The smallest absolute Gasteiger partial charge is 0.230 e. The second-order valence-corrected chi connectivity index (χ2v) is 4.57. The zero-order valence-electron chi connectivity index (χ0n) is 10.3. The number of rotatable bonds is 2. The Morgan fingerprint density at radius 3 is 2.67 bits per heavy atom. The first-order valence-electron chi connectivity index (χ1n) is 5.75. The molecule has 1 aliphatic heterocycles. The average Bonchev–Trinajstić information content (AvgIpc) is 2.38. The van der Waals surface area contributed by atoms with E-state index in [9.17, 15) is 4.79 Å². The van der Waals surface area contributed by atoms with Gasteiger partial charge < -0.3 is 10.6 Å². The summed E-state index contributed by atoms with van der Waals surface area (Å²) >= 11 is 5.11. The minimum absolute atomic E-state index is 0.0555. The van der Waals surface area contributed by atoms with Crippen LogP contribution in [0, 0.1) is 5.92 Å². The zero-order valence-corrected chi connectivity index (χ0v) is 11.1. The summed E-state index contributed by atoms with van der Waals surface area (Å²) in [6.45, 7) is 1.84. The first kappa shape index (κ1) is 12.7. The number of nitrogens with zero attached hydrogens (tertiary/aromatic N) is 1. The molecule has 18 heavy (non-hydrogen) atoms. The number of nitrogens with one attached hydrogen (secondary N) is 2. The van der Waals surface area contributed by atoms with Crippen molar-refractivity contribution in [2.75, 3.05) is 7.05 Å². The van der Waals surface area contributed by atoms with Crippen LogP contribution in [-0.4, -0.2) is 23.8 Å². The predicted molar refractivity (Wildman–Crippen MR) is 75.6 cm³/mol. The Labute approximate surface area is 111 Å². The molecule has 4 nitrogen and oxygen atoms in total. The molecule has 0 fully saturated rings. The third-order valence-electron chi connectivity index (χ3n) is 3.03. The molecule has 1 aliphatic rings. The fraction of sp³-hybridized carbons (Fsp3) is 0.308. The molecule has 5 heteroatoms. The number of carbonyl (C=O) groups excluding carboxylic acids is 1. The second-order valence-electron chi connectivity index (χ2n) is 4.18. The zero-order chi connectivity index (χ0) is 13.1. The van der Waals surface area contributed by atoms with Crippen molar-refractivity contribution in [3.05, 3.63) is 35.9 Å². The molecule has 2 rings (SSSR count). The summed E-state index contributed by atoms with van der Waals surface area (Å²) in [7, 11) is 1.63. The molecule has 1 aromatic carbocycles. The van der Waals surface area contributed by atoms with Gasteiger partial charge in [0.2, 0.25) is 5.91 Å². The van der Waals surface area contributed by atoms with Crippen molar-refractivity contribution in [2.45, 2.75) is 13.0 Å². The number of hydrogen-bond acceptors (Lipinski definition) is 2. The molecule has 0 saturated carbocycles. The van der Waals surface area contributed by atoms with Gasteiger partial charge in [-0.3, -0.25) is 4.79 Å². The summed E-state index contributed by atoms with van der Waals surface area (Å²) in [6.07, 6.45) is 0. The molecule has 0 aliphatic carbocycles. The number of thiocarbonyl (C=S) groups is 1. The Morgan fingerprint density at radius 2 is 2.06 bits per heavy atom. The van der Waals surface area contributed by atoms with Crippen LogP contribution in [0.3, 0.4) is 0 Å². The fourth-order valence-electron chi connectivity index (χ4n) is 2.15. The molecular weight excluding hydrogens is 246 g/mol. The van der Waals surface area contributed by atoms with E-state index in [0.29, 0.717) is 5.11 Å². The van der Waals surface area contributed by atoms with Gasteiger partial charge in [0.05, 0.1) is 6.04 Å². The van der Waals surface area contributed by atoms with Gasteiger partial charge in [-0.05, 0) is 24.7 Å². The lowest BCUT2D eigenvalue weighted by Crippen LogP contribution is -2.46. The van der Waals surface area contributed by atoms with Crippen LogP contribution in [0.5, 0.6) is 0 Å². The van der Waals surface area contributed by atoms with Crippen LogP contribution >= 0.6 is 12.2 Å². The van der Waals surface area contributed by atoms with Crippen molar-refractivity contribution in [1.29, 1.82) is 0 Å². The van der Waals surface area contributed by atoms with Gasteiger partial charge in [-0.2, -0.15) is 0 Å². The third-order valence-corrected chi connectivity index (χ3v) is 3.24. The van der Waals surface area contributed by atoms with Crippen LogP contribution in [0.4, 0.5) is 0 Å². The highest BCUT2D eigenvalue weighted by atomic mass is 32.1. The second kappa shape index (κ2) is 5.27. The van der Waals surface area contributed by atoms with Crippen molar-refractivity contribution >= 4 is 28.9 Å². The Morgan fingerprint density at radius 1 is 1.39 bits per heavy atom. The Bertz CT molecular complexity index is 498. The van der Waals surface area contributed by atoms with E-state index >= 15 is 0 Å². The normalized spacial score (nSPS) is 23.0. The average molecular weight is 261 g/mol. The Kier molecular flexibility index (Phi) is 3.72. The standard InChI is InChI=1S/C13H15N3OS/c1-8-10(12(17)14-2)11(16-13(18)15-8)9-6-4-3-5-7-9/h3-7,10-11H,1-2H3,(H,14,17)(H,16,18). The number of aliphatic imine (C=N–C) groups is 1. The number of hydrogen-bond donors (Lipinski definition) is 2. The quantitative estimate of drug-likeness (QED) is 0.792. The first-order valence-corrected chi connectivity index (χ1v) is 6.16. The SMILES string of the molecule is CNC(=O)C1C(C)=NC(=S)NC1c1ccccc1. The van der Waals surface area contributed by atoms with Crippen molar-refractivity contribution < 1.29 is 4.79 Å². The van der Waals surface area contributed by atoms with E-state index < -0.39 is 0 Å². The van der Waals surface area contributed by atoms with Crippen LogP contribution < -0.4 is 10.6 Å². The Balaban J connectivity index is 2.41. The van der Waals surface area contributed by atoms with Crippen molar-refractivity contribution in [3.8, 4) is 0 Å². The molecule has 1 heterocycles. The van der Waals surface area contributed by atoms with Gasteiger partial charge in [0.25, 0.3) is 0 Å². The van der Waals surface area contributed by atoms with Crippen molar-refractivity contribution in [2.24, 2.45) is 10.9 Å². The van der Waals surface area contributed by atoms with Gasteiger partial charge in [-0.25, -0.2) is 4.99 Å². The predicted octanol–water partition coefficient (Wildman–Crippen LogP) is 1.44. The Hall–Kier alpha value is -1.75. The van der Waals surface area contributed by atoms with E-state index in [0.717, 1.165) is 11.3 Å². The maximum atomic E-state index is 12.0. The molecule has 0 spiro atoms. The molecule has 2 N–H and O–H groups in total. The summed E-state index contributed by atoms with van der Waals surface area (Å²) in [5.41, 5.74) is 1.77. The van der Waals surface area contributed by atoms with Gasteiger partial charge >= 0.3 is 0 Å². The summed E-state index contributed by atoms with van der Waals surface area (Å²) in [4.78, 5) is 16.2. The molecule has 0 aromatic heterocycles. The largest absolute Gasteiger partial charge is 0.359 e. The molecule has 94 valence electrons. The van der Waals surface area contributed by atoms with Crippen LogP contribution in [-0.2, 0) is 4.79 Å². The lowest BCUT2D eigenvalue weighted by molar-refractivity contribution is -0.123. The lowest BCUT2D eigenvalue weighted by Gasteiger charge is -2.31. The molecular formula is C13H15N3OS. The molecule has 0 saturated heterocycles. The van der Waals surface area contributed by atoms with Crippen LogP contribution in [0.25, 0.3) is 0 Å². The van der Waals surface area contributed by atoms with E-state index in [4.69, 9.17) is 12.2 Å². The van der Waals surface area contributed by atoms with Crippen LogP contribution in [0.1, 0.15) is 18.5 Å². The topological polar surface area (TPSA) is 53.5 Å². The minimum Gasteiger partial charge on any atom is -0.359 e. The van der Waals surface area contributed by atoms with Gasteiger partial charge in [-0.1, -0.05) is 30.3 Å². The van der Waals surface area contributed by atoms with E-state index in [2.05, 4.69) is 15.6 Å². The van der Waals surface area contributed by atoms with Gasteiger partial charge in [0.1, 0.15) is 5.92 Å². The highest BCUT2D eigenvalue weighted by Gasteiger charge is 2.34. The summed E-state index contributed by atoms with van der Waals surface area (Å²) in [6, 6.07) is 9.64. The molecule has 1 amide bonds. The number of benzene rings is 1. The maximum absolute atomic E-state index is 12.0. The minimum atomic E-state index is -0.330. The monoisotopic (exact) mass is 261 g/mol. The summed E-state index contributed by atoms with van der Waals surface area (Å²) in [5, 5.41) is 6.22. The van der Waals surface area contributed by atoms with E-state index in [1.165, 1.54) is 0 Å². The van der Waals surface area contributed by atoms with Crippen LogP contribution in [0.2, 0.25) is 0 Å². The molecule has 2 unspecified atom stereocenters. The molecule has 2 atom stereocenters. The van der Waals surface area contributed by atoms with E-state index in [1.807, 2.05) is 37.3 Å². The van der Waals surface area contributed by atoms with Gasteiger partial charge in [-0.15, -0.1) is 0 Å². The van der Waals surface area contributed by atoms with Gasteiger partial charge in [0.15, 0.2) is 5.11 Å². The molecule has 0 radical (unpaired) electrons. The highest BCUT2D eigenvalue weighted by molar-refractivity contribution is 7.80. The van der Waals surface area contributed by atoms with Crippen LogP contribution in [0.15, 0.2) is 35.3 Å². The molecule has 1 aromatic rings. The van der Waals surface area contributed by atoms with Gasteiger partial charge in [0, 0.05) is 12.8 Å². The molecule has 0 bridgehead atoms. The van der Waals surface area contributed by atoms with Crippen molar-refractivity contribution in [1.82, 2.24) is 10.6 Å². The third kappa shape index (κ3) is 2.41. The lowest BCUT2D eigenvalue weighted by atomic mass is 9.87. The summed E-state index contributed by atoms with van der Waals surface area (Å²) in [5.74, 6) is -0.385. The fourth-order valence-corrected chi connectivity index (χ4v) is 2.42. The van der Waals surface area contributed by atoms with E-state index in [1.54, 1.807) is 7.05 Å². The maximum Gasteiger partial charge on any atom is 0.230 e. The first-order chi connectivity index (χ1) is 8.63. The highest BCUT2D eigenvalue weighted by Crippen LogP contribution is 2.26. The number of amides is 1. The van der Waals surface area contributed by atoms with E-state index in [-0.39, 0.29) is 17.9 Å². The summed E-state index contributed by atoms with van der Waals surface area (Å²) < 4.78 is 0. The van der Waals surface area contributed by atoms with Crippen molar-refractivity contribution in [3.63, 3.8) is 0 Å².